The van der Waals surface area contributed by atoms with Crippen molar-refractivity contribution in [2.45, 2.75) is 44.0 Å². The van der Waals surface area contributed by atoms with Gasteiger partial charge in [0.1, 0.15) is 0 Å². The van der Waals surface area contributed by atoms with Gasteiger partial charge in [-0.1, -0.05) is 36.6 Å². The van der Waals surface area contributed by atoms with Crippen molar-refractivity contribution in [3.63, 3.8) is 0 Å². The van der Waals surface area contributed by atoms with E-state index in [9.17, 15) is 5.11 Å². The SMILES string of the molecule is O[C@@H]1O[C@@H]2CCCC[C@@H]2[C@@H]1c1cccc(Cl)c1. The molecule has 0 spiro atoms. The molecule has 1 aromatic rings. The summed E-state index contributed by atoms with van der Waals surface area (Å²) in [5, 5.41) is 10.8. The monoisotopic (exact) mass is 252 g/mol. The molecule has 1 N–H and O–H groups in total. The second-order valence-corrected chi connectivity index (χ2v) is 5.53. The Balaban J connectivity index is 1.90. The van der Waals surface area contributed by atoms with Crippen LogP contribution in [-0.2, 0) is 4.74 Å². The Bertz CT molecular complexity index is 407. The normalized spacial score (nSPS) is 36.8. The number of benzene rings is 1. The summed E-state index contributed by atoms with van der Waals surface area (Å²) >= 11 is 6.02. The third-order valence-corrected chi connectivity index (χ3v) is 4.31. The highest BCUT2D eigenvalue weighted by Gasteiger charge is 2.45. The maximum atomic E-state index is 10.1. The molecule has 0 aromatic heterocycles. The molecule has 2 nitrogen and oxygen atoms in total. The molecule has 3 heteroatoms. The van der Waals surface area contributed by atoms with Gasteiger partial charge in [0, 0.05) is 10.9 Å². The van der Waals surface area contributed by atoms with Crippen molar-refractivity contribution in [2.75, 3.05) is 0 Å². The van der Waals surface area contributed by atoms with Gasteiger partial charge in [-0.05, 0) is 36.5 Å². The highest BCUT2D eigenvalue weighted by atomic mass is 35.5. The van der Waals surface area contributed by atoms with Gasteiger partial charge in [-0.25, -0.2) is 0 Å². The Hall–Kier alpha value is -0.570. The highest BCUT2D eigenvalue weighted by Crippen LogP contribution is 2.46. The molecule has 0 unspecified atom stereocenters. The van der Waals surface area contributed by atoms with Crippen molar-refractivity contribution < 1.29 is 9.84 Å². The predicted octanol–water partition coefficient (Wildman–Crippen LogP) is 3.33. The van der Waals surface area contributed by atoms with Gasteiger partial charge >= 0.3 is 0 Å². The zero-order valence-electron chi connectivity index (χ0n) is 9.68. The first-order valence-corrected chi connectivity index (χ1v) is 6.72. The second-order valence-electron chi connectivity index (χ2n) is 5.09. The summed E-state index contributed by atoms with van der Waals surface area (Å²) in [7, 11) is 0. The number of aliphatic hydroxyl groups is 1. The van der Waals surface area contributed by atoms with E-state index in [1.807, 2.05) is 24.3 Å². The fourth-order valence-corrected chi connectivity index (χ4v) is 3.50. The molecular weight excluding hydrogens is 236 g/mol. The number of ether oxygens (including phenoxy) is 1. The van der Waals surface area contributed by atoms with Gasteiger partial charge in [-0.2, -0.15) is 0 Å². The average molecular weight is 253 g/mol. The van der Waals surface area contributed by atoms with E-state index in [1.165, 1.54) is 12.8 Å². The van der Waals surface area contributed by atoms with Gasteiger partial charge in [-0.15, -0.1) is 0 Å². The van der Waals surface area contributed by atoms with Gasteiger partial charge < -0.3 is 9.84 Å². The molecule has 0 amide bonds. The summed E-state index contributed by atoms with van der Waals surface area (Å²) < 4.78 is 5.68. The lowest BCUT2D eigenvalue weighted by Crippen LogP contribution is -2.23. The smallest absolute Gasteiger partial charge is 0.162 e. The Morgan fingerprint density at radius 1 is 1.24 bits per heavy atom. The molecule has 1 aliphatic carbocycles. The van der Waals surface area contributed by atoms with Crippen LogP contribution in [0.25, 0.3) is 0 Å². The van der Waals surface area contributed by atoms with Gasteiger partial charge in [-0.3, -0.25) is 0 Å². The van der Waals surface area contributed by atoms with Crippen LogP contribution in [0.4, 0.5) is 0 Å². The minimum atomic E-state index is -0.665. The van der Waals surface area contributed by atoms with Gasteiger partial charge in [0.25, 0.3) is 0 Å². The van der Waals surface area contributed by atoms with Crippen molar-refractivity contribution >= 4 is 11.6 Å². The molecule has 1 aliphatic heterocycles. The van der Waals surface area contributed by atoms with Crippen LogP contribution < -0.4 is 0 Å². The molecule has 17 heavy (non-hydrogen) atoms. The average Bonchev–Trinajstić information content (AvgIpc) is 2.64. The van der Waals surface area contributed by atoms with Crippen molar-refractivity contribution in [1.82, 2.24) is 0 Å². The number of halogens is 1. The molecule has 0 radical (unpaired) electrons. The largest absolute Gasteiger partial charge is 0.367 e. The van der Waals surface area contributed by atoms with Crippen molar-refractivity contribution in [3.8, 4) is 0 Å². The van der Waals surface area contributed by atoms with Crippen LogP contribution in [0.5, 0.6) is 0 Å². The number of hydrogen-bond donors (Lipinski definition) is 1. The fraction of sp³-hybridized carbons (Fsp3) is 0.571. The van der Waals surface area contributed by atoms with E-state index in [0.29, 0.717) is 5.92 Å². The Labute approximate surface area is 107 Å². The minimum Gasteiger partial charge on any atom is -0.367 e. The first-order chi connectivity index (χ1) is 8.25. The van der Waals surface area contributed by atoms with E-state index >= 15 is 0 Å². The molecule has 1 aromatic carbocycles. The quantitative estimate of drug-likeness (QED) is 0.831. The van der Waals surface area contributed by atoms with E-state index in [4.69, 9.17) is 16.3 Å². The Morgan fingerprint density at radius 2 is 2.06 bits per heavy atom. The van der Waals surface area contributed by atoms with E-state index in [-0.39, 0.29) is 12.0 Å². The third-order valence-electron chi connectivity index (χ3n) is 4.07. The van der Waals surface area contributed by atoms with Crippen molar-refractivity contribution in [1.29, 1.82) is 0 Å². The van der Waals surface area contributed by atoms with Crippen LogP contribution in [0, 0.1) is 5.92 Å². The maximum Gasteiger partial charge on any atom is 0.162 e. The number of aliphatic hydroxyl groups excluding tert-OH is 1. The summed E-state index contributed by atoms with van der Waals surface area (Å²) in [5.41, 5.74) is 1.11. The standard InChI is InChI=1S/C14H17ClO2/c15-10-5-3-4-9(8-10)13-11-6-1-2-7-12(11)17-14(13)16/h3-5,8,11-14,16H,1-2,6-7H2/t11-,12+,13-,14+/m0/s1. The van der Waals surface area contributed by atoms with E-state index in [0.717, 1.165) is 23.4 Å². The summed E-state index contributed by atoms with van der Waals surface area (Å²) in [4.78, 5) is 0. The fourth-order valence-electron chi connectivity index (χ4n) is 3.31. The second kappa shape index (κ2) is 4.60. The van der Waals surface area contributed by atoms with Gasteiger partial charge in [0.15, 0.2) is 6.29 Å². The van der Waals surface area contributed by atoms with Crippen LogP contribution in [0.1, 0.15) is 37.2 Å². The lowest BCUT2D eigenvalue weighted by Gasteiger charge is -2.27. The van der Waals surface area contributed by atoms with Crippen molar-refractivity contribution in [3.05, 3.63) is 34.9 Å². The maximum absolute atomic E-state index is 10.1. The summed E-state index contributed by atoms with van der Waals surface area (Å²) in [5.74, 6) is 0.552. The third kappa shape index (κ3) is 2.10. The van der Waals surface area contributed by atoms with E-state index < -0.39 is 6.29 Å². The predicted molar refractivity (Wildman–Crippen MR) is 67.0 cm³/mol. The van der Waals surface area contributed by atoms with Crippen LogP contribution in [0.3, 0.4) is 0 Å². The summed E-state index contributed by atoms with van der Waals surface area (Å²) in [6, 6.07) is 7.81. The van der Waals surface area contributed by atoms with Crippen LogP contribution in [0.2, 0.25) is 5.02 Å². The van der Waals surface area contributed by atoms with E-state index in [2.05, 4.69) is 0 Å². The molecule has 92 valence electrons. The molecule has 1 saturated carbocycles. The number of rotatable bonds is 1. The zero-order chi connectivity index (χ0) is 11.8. The van der Waals surface area contributed by atoms with Crippen molar-refractivity contribution in [2.24, 2.45) is 5.92 Å². The van der Waals surface area contributed by atoms with Crippen LogP contribution in [-0.4, -0.2) is 17.5 Å². The lowest BCUT2D eigenvalue weighted by atomic mass is 9.77. The summed E-state index contributed by atoms with van der Waals surface area (Å²) in [6.07, 6.45) is 4.27. The Kier molecular flexibility index (Phi) is 3.12. The first kappa shape index (κ1) is 11.5. The molecule has 1 saturated heterocycles. The molecule has 3 rings (SSSR count). The molecule has 2 aliphatic rings. The molecule has 1 heterocycles. The van der Waals surface area contributed by atoms with Crippen LogP contribution in [0.15, 0.2) is 24.3 Å². The first-order valence-electron chi connectivity index (χ1n) is 6.35. The van der Waals surface area contributed by atoms with Gasteiger partial charge in [0.2, 0.25) is 0 Å². The molecule has 0 bridgehead atoms. The zero-order valence-corrected chi connectivity index (χ0v) is 10.4. The summed E-state index contributed by atoms with van der Waals surface area (Å²) in [6.45, 7) is 0. The van der Waals surface area contributed by atoms with Crippen LogP contribution >= 0.6 is 11.6 Å². The highest BCUT2D eigenvalue weighted by molar-refractivity contribution is 6.30. The lowest BCUT2D eigenvalue weighted by molar-refractivity contribution is -0.101. The molecule has 2 fully saturated rings. The Morgan fingerprint density at radius 3 is 2.88 bits per heavy atom. The number of fused-ring (bicyclic) bond motifs is 1. The number of hydrogen-bond acceptors (Lipinski definition) is 2. The molecule has 4 atom stereocenters. The topological polar surface area (TPSA) is 29.5 Å². The molecular formula is C14H17ClO2. The van der Waals surface area contributed by atoms with E-state index in [1.54, 1.807) is 0 Å². The van der Waals surface area contributed by atoms with Gasteiger partial charge in [0.05, 0.1) is 6.10 Å². The minimum absolute atomic E-state index is 0.0963.